The van der Waals surface area contributed by atoms with Crippen molar-refractivity contribution in [2.45, 2.75) is 18.0 Å². The summed E-state index contributed by atoms with van der Waals surface area (Å²) in [5.74, 6) is -2.77. The Hall–Kier alpha value is -2.36. The van der Waals surface area contributed by atoms with E-state index in [1.54, 1.807) is 0 Å². The molecule has 2 aromatic carbocycles. The van der Waals surface area contributed by atoms with Crippen LogP contribution < -0.4 is 5.14 Å². The van der Waals surface area contributed by atoms with Gasteiger partial charge in [-0.3, -0.25) is 4.79 Å². The summed E-state index contributed by atoms with van der Waals surface area (Å²) in [5.41, 5.74) is 0.182. The van der Waals surface area contributed by atoms with E-state index in [9.17, 15) is 27.8 Å². The Balaban J connectivity index is 2.03. The Kier molecular flexibility index (Phi) is 4.10. The molecule has 0 spiro atoms. The summed E-state index contributed by atoms with van der Waals surface area (Å²) in [7, 11) is -4.22. The van der Waals surface area contributed by atoms with Crippen LogP contribution in [0.4, 0.5) is 4.39 Å². The zero-order chi connectivity index (χ0) is 18.5. The molecular formula is C15H12ClFN2O5S. The third kappa shape index (κ3) is 3.01. The quantitative estimate of drug-likeness (QED) is 0.693. The highest BCUT2D eigenvalue weighted by Gasteiger charge is 2.36. The summed E-state index contributed by atoms with van der Waals surface area (Å²) in [6.45, 7) is -0.152. The molecule has 4 N–H and O–H groups in total. The molecule has 1 heterocycles. The predicted molar refractivity (Wildman–Crippen MR) is 86.1 cm³/mol. The van der Waals surface area contributed by atoms with Crippen LogP contribution in [0.2, 0.25) is 5.02 Å². The highest BCUT2D eigenvalue weighted by molar-refractivity contribution is 7.89. The number of carbonyl (C=O) groups is 1. The summed E-state index contributed by atoms with van der Waals surface area (Å²) in [4.78, 5) is 13.3. The van der Waals surface area contributed by atoms with Crippen molar-refractivity contribution in [2.24, 2.45) is 5.14 Å². The Morgan fingerprint density at radius 1 is 1.28 bits per heavy atom. The number of hydrogen-bond acceptors (Lipinski definition) is 5. The second-order valence-electron chi connectivity index (χ2n) is 5.55. The fraction of sp³-hybridized carbons (Fsp3) is 0.133. The lowest BCUT2D eigenvalue weighted by atomic mass is 10.1. The molecule has 0 fully saturated rings. The SMILES string of the molecule is NS(=O)(=O)c1cc(O)c(O)c2c1CN(Cc1ccc(F)c(Cl)c1)C2=O. The first-order valence-electron chi connectivity index (χ1n) is 6.93. The summed E-state index contributed by atoms with van der Waals surface area (Å²) in [6, 6.07) is 4.71. The second kappa shape index (κ2) is 5.87. The molecule has 132 valence electrons. The molecular weight excluding hydrogens is 375 g/mol. The number of nitrogens with two attached hydrogens (primary N) is 1. The molecule has 25 heavy (non-hydrogen) atoms. The number of primary sulfonamides is 1. The summed E-state index contributed by atoms with van der Waals surface area (Å²) in [6.07, 6.45) is 0. The van der Waals surface area contributed by atoms with Crippen molar-refractivity contribution in [3.63, 3.8) is 0 Å². The summed E-state index contributed by atoms with van der Waals surface area (Å²) < 4.78 is 36.6. The van der Waals surface area contributed by atoms with Crippen molar-refractivity contribution in [1.29, 1.82) is 0 Å². The molecule has 1 aliphatic heterocycles. The zero-order valence-corrected chi connectivity index (χ0v) is 14.1. The minimum Gasteiger partial charge on any atom is -0.504 e. The van der Waals surface area contributed by atoms with Crippen molar-refractivity contribution in [3.8, 4) is 11.5 Å². The maximum absolute atomic E-state index is 13.2. The Morgan fingerprint density at radius 3 is 2.56 bits per heavy atom. The molecule has 1 amide bonds. The molecule has 0 saturated heterocycles. The molecule has 10 heteroatoms. The van der Waals surface area contributed by atoms with E-state index >= 15 is 0 Å². The molecule has 0 saturated carbocycles. The molecule has 0 radical (unpaired) electrons. The largest absolute Gasteiger partial charge is 0.504 e. The highest BCUT2D eigenvalue weighted by atomic mass is 35.5. The lowest BCUT2D eigenvalue weighted by molar-refractivity contribution is 0.0764. The van der Waals surface area contributed by atoms with E-state index < -0.39 is 38.1 Å². The third-order valence-electron chi connectivity index (χ3n) is 3.86. The number of benzene rings is 2. The minimum atomic E-state index is -4.22. The minimum absolute atomic E-state index is 0.00221. The molecule has 0 aromatic heterocycles. The van der Waals surface area contributed by atoms with Gasteiger partial charge in [0, 0.05) is 24.7 Å². The molecule has 0 aliphatic carbocycles. The number of fused-ring (bicyclic) bond motifs is 1. The number of amides is 1. The van der Waals surface area contributed by atoms with Crippen LogP contribution >= 0.6 is 11.6 Å². The van der Waals surface area contributed by atoms with Crippen molar-refractivity contribution in [2.75, 3.05) is 0 Å². The van der Waals surface area contributed by atoms with Gasteiger partial charge in [0.15, 0.2) is 11.5 Å². The van der Waals surface area contributed by atoms with E-state index in [4.69, 9.17) is 16.7 Å². The first kappa shape index (κ1) is 17.5. The molecule has 0 bridgehead atoms. The van der Waals surface area contributed by atoms with Crippen LogP contribution in [0.15, 0.2) is 29.2 Å². The van der Waals surface area contributed by atoms with Gasteiger partial charge in [0.1, 0.15) is 5.82 Å². The Morgan fingerprint density at radius 2 is 1.96 bits per heavy atom. The zero-order valence-electron chi connectivity index (χ0n) is 12.5. The molecule has 0 unspecified atom stereocenters. The van der Waals surface area contributed by atoms with Crippen LogP contribution in [0, 0.1) is 5.82 Å². The van der Waals surface area contributed by atoms with Crippen LogP contribution in [-0.2, 0) is 23.1 Å². The summed E-state index contributed by atoms with van der Waals surface area (Å²) in [5, 5.41) is 24.6. The molecule has 2 aromatic rings. The summed E-state index contributed by atoms with van der Waals surface area (Å²) >= 11 is 5.71. The number of sulfonamides is 1. The molecule has 1 aliphatic rings. The topological polar surface area (TPSA) is 121 Å². The normalized spacial score (nSPS) is 14.0. The van der Waals surface area contributed by atoms with Gasteiger partial charge in [-0.1, -0.05) is 17.7 Å². The van der Waals surface area contributed by atoms with Crippen molar-refractivity contribution in [3.05, 3.63) is 51.8 Å². The number of aromatic hydroxyl groups is 2. The van der Waals surface area contributed by atoms with E-state index in [1.165, 1.54) is 17.0 Å². The van der Waals surface area contributed by atoms with Crippen LogP contribution in [0.3, 0.4) is 0 Å². The Bertz CT molecular complexity index is 1010. The lowest BCUT2D eigenvalue weighted by Gasteiger charge is -2.16. The number of carbonyl (C=O) groups excluding carboxylic acids is 1. The van der Waals surface area contributed by atoms with Gasteiger partial charge in [0.05, 0.1) is 15.5 Å². The maximum Gasteiger partial charge on any atom is 0.258 e. The van der Waals surface area contributed by atoms with Crippen LogP contribution in [0.1, 0.15) is 21.5 Å². The number of halogens is 2. The van der Waals surface area contributed by atoms with E-state index in [0.29, 0.717) is 5.56 Å². The van der Waals surface area contributed by atoms with Crippen LogP contribution in [0.25, 0.3) is 0 Å². The fourth-order valence-electron chi connectivity index (χ4n) is 2.72. The highest BCUT2D eigenvalue weighted by Crippen LogP contribution is 2.41. The molecule has 3 rings (SSSR count). The van der Waals surface area contributed by atoms with Crippen LogP contribution in [0.5, 0.6) is 11.5 Å². The number of hydrogen-bond donors (Lipinski definition) is 3. The predicted octanol–water partition coefficient (Wildman–Crippen LogP) is 1.69. The van der Waals surface area contributed by atoms with E-state index in [-0.39, 0.29) is 29.2 Å². The van der Waals surface area contributed by atoms with Gasteiger partial charge < -0.3 is 15.1 Å². The number of phenols is 2. The van der Waals surface area contributed by atoms with Gasteiger partial charge in [0.2, 0.25) is 10.0 Å². The first-order chi connectivity index (χ1) is 11.6. The standard InChI is InChI=1S/C15H12ClFN2O5S/c16-9-3-7(1-2-10(9)17)5-19-6-8-12(25(18,23)24)4-11(20)14(21)13(8)15(19)22/h1-4,20-21H,5-6H2,(H2,18,23,24). The number of nitrogens with zero attached hydrogens (tertiary/aromatic N) is 1. The average molecular weight is 387 g/mol. The van der Waals surface area contributed by atoms with Gasteiger partial charge in [-0.25, -0.2) is 17.9 Å². The van der Waals surface area contributed by atoms with Crippen molar-refractivity contribution in [1.82, 2.24) is 4.90 Å². The third-order valence-corrected chi connectivity index (χ3v) is 5.13. The number of rotatable bonds is 3. The second-order valence-corrected chi connectivity index (χ2v) is 7.49. The van der Waals surface area contributed by atoms with Gasteiger partial charge in [0.25, 0.3) is 5.91 Å². The number of phenolic OH excluding ortho intramolecular Hbond substituents is 2. The lowest BCUT2D eigenvalue weighted by Crippen LogP contribution is -2.23. The fourth-order valence-corrected chi connectivity index (χ4v) is 3.71. The van der Waals surface area contributed by atoms with Crippen LogP contribution in [-0.4, -0.2) is 29.4 Å². The maximum atomic E-state index is 13.2. The van der Waals surface area contributed by atoms with E-state index in [1.807, 2.05) is 0 Å². The van der Waals surface area contributed by atoms with E-state index in [2.05, 4.69) is 0 Å². The van der Waals surface area contributed by atoms with Crippen molar-refractivity contribution >= 4 is 27.5 Å². The average Bonchev–Trinajstić information content (AvgIpc) is 2.83. The first-order valence-corrected chi connectivity index (χ1v) is 8.86. The van der Waals surface area contributed by atoms with Crippen molar-refractivity contribution < 1.29 is 27.8 Å². The molecule has 7 nitrogen and oxygen atoms in total. The van der Waals surface area contributed by atoms with Gasteiger partial charge in [-0.15, -0.1) is 0 Å². The van der Waals surface area contributed by atoms with E-state index in [0.717, 1.165) is 12.1 Å². The smallest absolute Gasteiger partial charge is 0.258 e. The Labute approximate surface area is 147 Å². The van der Waals surface area contributed by atoms with Gasteiger partial charge >= 0.3 is 0 Å². The van der Waals surface area contributed by atoms with Gasteiger partial charge in [-0.05, 0) is 17.7 Å². The van der Waals surface area contributed by atoms with Gasteiger partial charge in [-0.2, -0.15) is 0 Å². The molecule has 0 atom stereocenters. The monoisotopic (exact) mass is 386 g/mol.